The molecule has 0 amide bonds. The van der Waals surface area contributed by atoms with E-state index in [0.29, 0.717) is 11.5 Å². The molecule has 0 saturated heterocycles. The highest BCUT2D eigenvalue weighted by Gasteiger charge is 2.10. The van der Waals surface area contributed by atoms with E-state index in [1.807, 2.05) is 5.38 Å². The minimum absolute atomic E-state index is 0.302. The summed E-state index contributed by atoms with van der Waals surface area (Å²) in [7, 11) is 0. The van der Waals surface area contributed by atoms with Gasteiger partial charge >= 0.3 is 5.97 Å². The molecule has 0 spiro atoms. The summed E-state index contributed by atoms with van der Waals surface area (Å²) in [4.78, 5) is 15.4. The zero-order chi connectivity index (χ0) is 13.1. The minimum atomic E-state index is -0.903. The van der Waals surface area contributed by atoms with Crippen molar-refractivity contribution in [2.75, 3.05) is 0 Å². The van der Waals surface area contributed by atoms with Gasteiger partial charge in [0.05, 0.1) is 16.3 Å². The molecule has 1 aromatic carbocycles. The summed E-state index contributed by atoms with van der Waals surface area (Å²) in [6.07, 6.45) is 1.07. The van der Waals surface area contributed by atoms with Gasteiger partial charge in [0.1, 0.15) is 0 Å². The molecule has 1 heterocycles. The smallest absolute Gasteiger partial charge is 0.335 e. The molecular weight excluding hydrogens is 246 g/mol. The van der Waals surface area contributed by atoms with Crippen molar-refractivity contribution in [2.24, 2.45) is 0 Å². The Morgan fingerprint density at radius 2 is 2.06 bits per heavy atom. The van der Waals surface area contributed by atoms with E-state index >= 15 is 0 Å². The molecule has 18 heavy (non-hydrogen) atoms. The van der Waals surface area contributed by atoms with Crippen molar-refractivity contribution in [3.63, 3.8) is 0 Å². The van der Waals surface area contributed by atoms with Gasteiger partial charge in [0.25, 0.3) is 0 Å². The van der Waals surface area contributed by atoms with Gasteiger partial charge in [-0.1, -0.05) is 26.0 Å². The molecular formula is C14H15NO2S. The molecule has 94 valence electrons. The summed E-state index contributed by atoms with van der Waals surface area (Å²) in [5.74, 6) is -0.429. The molecule has 0 bridgehead atoms. The standard InChI is InChI=1S/C14H15NO2S/c1-3-9(2)13-15-12(8-18-13)10-4-6-11(7-5-10)14(16)17/h4-9H,3H2,1-2H3,(H,16,17). The summed E-state index contributed by atoms with van der Waals surface area (Å²) < 4.78 is 0. The Hall–Kier alpha value is -1.68. The number of aromatic carboxylic acids is 1. The Kier molecular flexibility index (Phi) is 3.77. The fraction of sp³-hybridized carbons (Fsp3) is 0.286. The minimum Gasteiger partial charge on any atom is -0.478 e. The number of rotatable bonds is 4. The Balaban J connectivity index is 2.26. The number of benzene rings is 1. The first-order chi connectivity index (χ1) is 8.61. The van der Waals surface area contributed by atoms with E-state index in [-0.39, 0.29) is 0 Å². The van der Waals surface area contributed by atoms with E-state index in [2.05, 4.69) is 18.8 Å². The molecule has 3 nitrogen and oxygen atoms in total. The van der Waals surface area contributed by atoms with Gasteiger partial charge in [-0.25, -0.2) is 9.78 Å². The van der Waals surface area contributed by atoms with Crippen LogP contribution in [0.15, 0.2) is 29.6 Å². The second-order valence-corrected chi connectivity index (χ2v) is 5.15. The van der Waals surface area contributed by atoms with E-state index in [1.165, 1.54) is 0 Å². The average Bonchev–Trinajstić information content (AvgIpc) is 2.87. The lowest BCUT2D eigenvalue weighted by molar-refractivity contribution is 0.0697. The number of carboxylic acids is 1. The van der Waals surface area contributed by atoms with Crippen molar-refractivity contribution < 1.29 is 9.90 Å². The van der Waals surface area contributed by atoms with Crippen molar-refractivity contribution in [1.82, 2.24) is 4.98 Å². The first-order valence-electron chi connectivity index (χ1n) is 5.91. The SMILES string of the molecule is CCC(C)c1nc(-c2ccc(C(=O)O)cc2)cs1. The number of hydrogen-bond acceptors (Lipinski definition) is 3. The molecule has 1 unspecified atom stereocenters. The van der Waals surface area contributed by atoms with E-state index in [0.717, 1.165) is 22.7 Å². The molecule has 4 heteroatoms. The second kappa shape index (κ2) is 5.31. The van der Waals surface area contributed by atoms with E-state index in [9.17, 15) is 4.79 Å². The van der Waals surface area contributed by atoms with Gasteiger partial charge in [-0.2, -0.15) is 0 Å². The molecule has 0 radical (unpaired) electrons. The van der Waals surface area contributed by atoms with Crippen LogP contribution in [0.5, 0.6) is 0 Å². The summed E-state index contributed by atoms with van der Waals surface area (Å²) in [5.41, 5.74) is 2.19. The molecule has 1 atom stereocenters. The fourth-order valence-electron chi connectivity index (χ4n) is 1.60. The van der Waals surface area contributed by atoms with Gasteiger partial charge in [0.2, 0.25) is 0 Å². The van der Waals surface area contributed by atoms with Crippen LogP contribution in [-0.4, -0.2) is 16.1 Å². The van der Waals surface area contributed by atoms with Gasteiger partial charge in [0.15, 0.2) is 0 Å². The van der Waals surface area contributed by atoms with Crippen LogP contribution in [0.25, 0.3) is 11.3 Å². The Bertz CT molecular complexity index is 545. The van der Waals surface area contributed by atoms with E-state index in [4.69, 9.17) is 5.11 Å². The number of nitrogens with zero attached hydrogens (tertiary/aromatic N) is 1. The van der Waals surface area contributed by atoms with Gasteiger partial charge < -0.3 is 5.11 Å². The summed E-state index contributed by atoms with van der Waals surface area (Å²) >= 11 is 1.66. The number of carbonyl (C=O) groups is 1. The topological polar surface area (TPSA) is 50.2 Å². The van der Waals surface area contributed by atoms with Crippen molar-refractivity contribution in [3.8, 4) is 11.3 Å². The van der Waals surface area contributed by atoms with Crippen LogP contribution in [-0.2, 0) is 0 Å². The number of hydrogen-bond donors (Lipinski definition) is 1. The van der Waals surface area contributed by atoms with Crippen LogP contribution in [0.3, 0.4) is 0 Å². The highest BCUT2D eigenvalue weighted by molar-refractivity contribution is 7.10. The second-order valence-electron chi connectivity index (χ2n) is 4.26. The molecule has 0 aliphatic carbocycles. The predicted octanol–water partition coefficient (Wildman–Crippen LogP) is 4.02. The van der Waals surface area contributed by atoms with Crippen LogP contribution in [0.1, 0.15) is 41.6 Å². The molecule has 2 aromatic rings. The van der Waals surface area contributed by atoms with Gasteiger partial charge in [-0.15, -0.1) is 11.3 Å². The highest BCUT2D eigenvalue weighted by atomic mass is 32.1. The normalized spacial score (nSPS) is 12.3. The van der Waals surface area contributed by atoms with Crippen molar-refractivity contribution in [3.05, 3.63) is 40.2 Å². The zero-order valence-electron chi connectivity index (χ0n) is 10.4. The van der Waals surface area contributed by atoms with Crippen molar-refractivity contribution in [2.45, 2.75) is 26.2 Å². The maximum absolute atomic E-state index is 10.8. The number of thiazole rings is 1. The number of carboxylic acid groups (broad SMARTS) is 1. The Morgan fingerprint density at radius 3 is 2.61 bits per heavy atom. The lowest BCUT2D eigenvalue weighted by atomic mass is 10.1. The monoisotopic (exact) mass is 261 g/mol. The summed E-state index contributed by atoms with van der Waals surface area (Å²) in [6, 6.07) is 6.83. The van der Waals surface area contributed by atoms with Crippen molar-refractivity contribution >= 4 is 17.3 Å². The molecule has 0 saturated carbocycles. The Labute approximate surface area is 110 Å². The third-order valence-corrected chi connectivity index (χ3v) is 4.06. The molecule has 0 fully saturated rings. The van der Waals surface area contributed by atoms with Crippen LogP contribution in [0.2, 0.25) is 0 Å². The Morgan fingerprint density at radius 1 is 1.39 bits per heavy atom. The number of aromatic nitrogens is 1. The molecule has 2 rings (SSSR count). The summed E-state index contributed by atoms with van der Waals surface area (Å²) in [6.45, 7) is 4.31. The van der Waals surface area contributed by atoms with E-state index < -0.39 is 5.97 Å². The fourth-order valence-corrected chi connectivity index (χ4v) is 2.58. The average molecular weight is 261 g/mol. The third-order valence-electron chi connectivity index (χ3n) is 2.98. The largest absolute Gasteiger partial charge is 0.478 e. The van der Waals surface area contributed by atoms with Crippen LogP contribution in [0, 0.1) is 0 Å². The predicted molar refractivity (Wildman–Crippen MR) is 73.2 cm³/mol. The first kappa shape index (κ1) is 12.8. The molecule has 0 aliphatic heterocycles. The van der Waals surface area contributed by atoms with Gasteiger partial charge in [-0.05, 0) is 18.6 Å². The zero-order valence-corrected chi connectivity index (χ0v) is 11.2. The lowest BCUT2D eigenvalue weighted by Crippen LogP contribution is -1.95. The lowest BCUT2D eigenvalue weighted by Gasteiger charge is -2.02. The van der Waals surface area contributed by atoms with Crippen LogP contribution < -0.4 is 0 Å². The van der Waals surface area contributed by atoms with Crippen molar-refractivity contribution in [1.29, 1.82) is 0 Å². The quantitative estimate of drug-likeness (QED) is 0.904. The highest BCUT2D eigenvalue weighted by Crippen LogP contribution is 2.27. The first-order valence-corrected chi connectivity index (χ1v) is 6.79. The van der Waals surface area contributed by atoms with E-state index in [1.54, 1.807) is 35.6 Å². The molecule has 1 aromatic heterocycles. The van der Waals surface area contributed by atoms with Gasteiger partial charge in [-0.3, -0.25) is 0 Å². The third kappa shape index (κ3) is 2.59. The maximum atomic E-state index is 10.8. The van der Waals surface area contributed by atoms with Gasteiger partial charge in [0, 0.05) is 16.9 Å². The maximum Gasteiger partial charge on any atom is 0.335 e. The van der Waals surface area contributed by atoms with Crippen LogP contribution >= 0.6 is 11.3 Å². The summed E-state index contributed by atoms with van der Waals surface area (Å²) in [5, 5.41) is 12.0. The molecule has 0 aliphatic rings. The van der Waals surface area contributed by atoms with Crippen LogP contribution in [0.4, 0.5) is 0 Å². The molecule has 1 N–H and O–H groups in total.